The van der Waals surface area contributed by atoms with Gasteiger partial charge in [0.25, 0.3) is 0 Å². The van der Waals surface area contributed by atoms with Crippen molar-refractivity contribution in [3.8, 4) is 5.75 Å². The summed E-state index contributed by atoms with van der Waals surface area (Å²) < 4.78 is 5.56. The maximum atomic E-state index is 9.80. The molecule has 0 amide bonds. The fourth-order valence-electron chi connectivity index (χ4n) is 3.39. The first kappa shape index (κ1) is 12.9. The van der Waals surface area contributed by atoms with Crippen LogP contribution in [0.1, 0.15) is 29.9 Å². The predicted octanol–water partition coefficient (Wildman–Crippen LogP) is 2.04. The van der Waals surface area contributed by atoms with Crippen molar-refractivity contribution in [3.63, 3.8) is 0 Å². The van der Waals surface area contributed by atoms with Crippen LogP contribution in [0, 0.1) is 5.92 Å². The molecule has 1 unspecified atom stereocenters. The van der Waals surface area contributed by atoms with E-state index in [1.165, 1.54) is 24.0 Å². The SMILES string of the molecule is CN1CCC(C(CO)c2ccc3c(c2)CCO3)CC1. The van der Waals surface area contributed by atoms with E-state index in [0.29, 0.717) is 11.8 Å². The molecule has 1 atom stereocenters. The first-order chi connectivity index (χ1) is 9.28. The Labute approximate surface area is 115 Å². The van der Waals surface area contributed by atoms with Crippen molar-refractivity contribution in [2.75, 3.05) is 33.4 Å². The highest BCUT2D eigenvalue weighted by molar-refractivity contribution is 5.41. The molecule has 19 heavy (non-hydrogen) atoms. The van der Waals surface area contributed by atoms with E-state index in [1.807, 2.05) is 0 Å². The summed E-state index contributed by atoms with van der Waals surface area (Å²) in [6.07, 6.45) is 3.39. The smallest absolute Gasteiger partial charge is 0.122 e. The third-order valence-corrected chi connectivity index (χ3v) is 4.67. The number of piperidine rings is 1. The Morgan fingerprint density at radius 1 is 1.37 bits per heavy atom. The minimum atomic E-state index is 0.258. The van der Waals surface area contributed by atoms with Crippen molar-refractivity contribution < 1.29 is 9.84 Å². The van der Waals surface area contributed by atoms with Crippen LogP contribution in [0.4, 0.5) is 0 Å². The maximum absolute atomic E-state index is 9.80. The van der Waals surface area contributed by atoms with Gasteiger partial charge in [0.1, 0.15) is 5.75 Å². The van der Waals surface area contributed by atoms with Gasteiger partial charge in [0.15, 0.2) is 0 Å². The summed E-state index contributed by atoms with van der Waals surface area (Å²) in [7, 11) is 2.18. The third kappa shape index (κ3) is 2.63. The van der Waals surface area contributed by atoms with E-state index in [9.17, 15) is 5.11 Å². The Hall–Kier alpha value is -1.06. The zero-order valence-electron chi connectivity index (χ0n) is 11.6. The Kier molecular flexibility index (Phi) is 3.76. The van der Waals surface area contributed by atoms with E-state index in [2.05, 4.69) is 30.1 Å². The van der Waals surface area contributed by atoms with Crippen LogP contribution in [-0.4, -0.2) is 43.4 Å². The monoisotopic (exact) mass is 261 g/mol. The summed E-state index contributed by atoms with van der Waals surface area (Å²) in [5.41, 5.74) is 2.60. The number of hydrogen-bond donors (Lipinski definition) is 1. The standard InChI is InChI=1S/C16H23NO2/c1-17-7-4-12(5-8-17)15(11-18)13-2-3-16-14(10-13)6-9-19-16/h2-3,10,12,15,18H,4-9,11H2,1H3. The Morgan fingerprint density at radius 2 is 2.16 bits per heavy atom. The van der Waals surface area contributed by atoms with Gasteiger partial charge in [0.05, 0.1) is 13.2 Å². The maximum Gasteiger partial charge on any atom is 0.122 e. The molecule has 0 bridgehead atoms. The van der Waals surface area contributed by atoms with Crippen molar-refractivity contribution in [2.45, 2.75) is 25.2 Å². The summed E-state index contributed by atoms with van der Waals surface area (Å²) in [6, 6.07) is 6.47. The molecule has 3 rings (SSSR count). The molecule has 0 spiro atoms. The van der Waals surface area contributed by atoms with Crippen molar-refractivity contribution in [1.82, 2.24) is 4.90 Å². The van der Waals surface area contributed by atoms with Gasteiger partial charge in [-0.05, 0) is 56.1 Å². The van der Waals surface area contributed by atoms with E-state index < -0.39 is 0 Å². The van der Waals surface area contributed by atoms with E-state index in [1.54, 1.807) is 0 Å². The molecule has 104 valence electrons. The molecule has 0 radical (unpaired) electrons. The molecular weight excluding hydrogens is 238 g/mol. The molecule has 0 aliphatic carbocycles. The van der Waals surface area contributed by atoms with Crippen LogP contribution in [0.25, 0.3) is 0 Å². The van der Waals surface area contributed by atoms with Gasteiger partial charge >= 0.3 is 0 Å². The first-order valence-corrected chi connectivity index (χ1v) is 7.33. The van der Waals surface area contributed by atoms with Gasteiger partial charge in [-0.2, -0.15) is 0 Å². The molecule has 1 fully saturated rings. The first-order valence-electron chi connectivity index (χ1n) is 7.33. The lowest BCUT2D eigenvalue weighted by atomic mass is 9.80. The number of nitrogens with zero attached hydrogens (tertiary/aromatic N) is 1. The lowest BCUT2D eigenvalue weighted by Gasteiger charge is -2.34. The highest BCUT2D eigenvalue weighted by Crippen LogP contribution is 2.35. The van der Waals surface area contributed by atoms with E-state index >= 15 is 0 Å². The number of fused-ring (bicyclic) bond motifs is 1. The molecule has 1 aromatic rings. The molecule has 2 aliphatic rings. The molecule has 1 saturated heterocycles. The van der Waals surface area contributed by atoms with Crippen LogP contribution >= 0.6 is 0 Å². The number of hydrogen-bond acceptors (Lipinski definition) is 3. The van der Waals surface area contributed by atoms with Gasteiger partial charge in [-0.15, -0.1) is 0 Å². The second kappa shape index (κ2) is 5.51. The minimum absolute atomic E-state index is 0.258. The predicted molar refractivity (Wildman–Crippen MR) is 75.7 cm³/mol. The van der Waals surface area contributed by atoms with Crippen LogP contribution < -0.4 is 4.74 Å². The fraction of sp³-hybridized carbons (Fsp3) is 0.625. The Morgan fingerprint density at radius 3 is 2.89 bits per heavy atom. The zero-order chi connectivity index (χ0) is 13.2. The molecule has 2 aliphatic heterocycles. The average Bonchev–Trinajstić information content (AvgIpc) is 2.89. The Balaban J connectivity index is 1.78. The largest absolute Gasteiger partial charge is 0.493 e. The lowest BCUT2D eigenvalue weighted by molar-refractivity contribution is 0.156. The summed E-state index contributed by atoms with van der Waals surface area (Å²) >= 11 is 0. The molecule has 2 heterocycles. The Bertz CT molecular complexity index is 438. The van der Waals surface area contributed by atoms with Crippen LogP contribution in [0.5, 0.6) is 5.75 Å². The van der Waals surface area contributed by atoms with Gasteiger partial charge in [0.2, 0.25) is 0 Å². The van der Waals surface area contributed by atoms with E-state index in [0.717, 1.165) is 31.9 Å². The van der Waals surface area contributed by atoms with Gasteiger partial charge < -0.3 is 14.7 Å². The van der Waals surface area contributed by atoms with Crippen LogP contribution in [-0.2, 0) is 6.42 Å². The number of aliphatic hydroxyl groups is 1. The molecule has 0 saturated carbocycles. The normalized spacial score (nSPS) is 22.0. The van der Waals surface area contributed by atoms with Crippen LogP contribution in [0.15, 0.2) is 18.2 Å². The molecule has 1 N–H and O–H groups in total. The third-order valence-electron chi connectivity index (χ3n) is 4.67. The summed E-state index contributed by atoms with van der Waals surface area (Å²) in [5, 5.41) is 9.80. The van der Waals surface area contributed by atoms with Crippen molar-refractivity contribution >= 4 is 0 Å². The van der Waals surface area contributed by atoms with Crippen LogP contribution in [0.3, 0.4) is 0 Å². The lowest BCUT2D eigenvalue weighted by Crippen LogP contribution is -2.33. The highest BCUT2D eigenvalue weighted by Gasteiger charge is 2.27. The number of aliphatic hydroxyl groups excluding tert-OH is 1. The molecule has 3 nitrogen and oxygen atoms in total. The summed E-state index contributed by atoms with van der Waals surface area (Å²) in [6.45, 7) is 3.36. The quantitative estimate of drug-likeness (QED) is 0.904. The number of rotatable bonds is 3. The number of benzene rings is 1. The van der Waals surface area contributed by atoms with Gasteiger partial charge in [-0.1, -0.05) is 12.1 Å². The second-order valence-corrected chi connectivity index (χ2v) is 5.90. The number of likely N-dealkylation sites (tertiary alicyclic amines) is 1. The van der Waals surface area contributed by atoms with Crippen molar-refractivity contribution in [2.24, 2.45) is 5.92 Å². The topological polar surface area (TPSA) is 32.7 Å². The van der Waals surface area contributed by atoms with Gasteiger partial charge in [-0.25, -0.2) is 0 Å². The van der Waals surface area contributed by atoms with E-state index in [4.69, 9.17) is 4.74 Å². The minimum Gasteiger partial charge on any atom is -0.493 e. The van der Waals surface area contributed by atoms with Crippen molar-refractivity contribution in [3.05, 3.63) is 29.3 Å². The zero-order valence-corrected chi connectivity index (χ0v) is 11.6. The number of ether oxygens (including phenoxy) is 1. The summed E-state index contributed by atoms with van der Waals surface area (Å²) in [4.78, 5) is 2.38. The van der Waals surface area contributed by atoms with Gasteiger partial charge in [0, 0.05) is 12.3 Å². The molecule has 3 heteroatoms. The molecule has 0 aromatic heterocycles. The second-order valence-electron chi connectivity index (χ2n) is 5.90. The summed E-state index contributed by atoms with van der Waals surface area (Å²) in [5.74, 6) is 1.94. The van der Waals surface area contributed by atoms with Crippen molar-refractivity contribution in [1.29, 1.82) is 0 Å². The van der Waals surface area contributed by atoms with E-state index in [-0.39, 0.29) is 6.61 Å². The molecular formula is C16H23NO2. The highest BCUT2D eigenvalue weighted by atomic mass is 16.5. The van der Waals surface area contributed by atoms with Crippen LogP contribution in [0.2, 0.25) is 0 Å². The van der Waals surface area contributed by atoms with Gasteiger partial charge in [-0.3, -0.25) is 0 Å². The molecule has 1 aromatic carbocycles. The fourth-order valence-corrected chi connectivity index (χ4v) is 3.39. The average molecular weight is 261 g/mol.